The summed E-state index contributed by atoms with van der Waals surface area (Å²) >= 11 is 5.82. The van der Waals surface area contributed by atoms with E-state index in [1.165, 1.54) is 13.2 Å². The van der Waals surface area contributed by atoms with Crippen LogP contribution in [0.15, 0.2) is 42.5 Å². The van der Waals surface area contributed by atoms with Crippen LogP contribution in [-0.2, 0) is 9.59 Å². The monoisotopic (exact) mass is 461 g/mol. The van der Waals surface area contributed by atoms with Crippen LogP contribution in [0.1, 0.15) is 37.0 Å². The lowest BCUT2D eigenvalue weighted by molar-refractivity contribution is -0.123. The molecule has 9 heteroatoms. The fourth-order valence-electron chi connectivity index (χ4n) is 2.74. The fraction of sp³-hybridized carbons (Fsp3) is 0.348. The Morgan fingerprint density at radius 1 is 1.00 bits per heavy atom. The van der Waals surface area contributed by atoms with Gasteiger partial charge in [-0.2, -0.15) is 0 Å². The van der Waals surface area contributed by atoms with E-state index in [4.69, 9.17) is 21.1 Å². The number of amides is 3. The Morgan fingerprint density at radius 3 is 2.38 bits per heavy atom. The van der Waals surface area contributed by atoms with Gasteiger partial charge in [-0.25, -0.2) is 0 Å². The number of methoxy groups -OCH3 is 1. The molecular weight excluding hydrogens is 434 g/mol. The van der Waals surface area contributed by atoms with Crippen molar-refractivity contribution in [3.05, 3.63) is 53.1 Å². The zero-order valence-electron chi connectivity index (χ0n) is 18.4. The summed E-state index contributed by atoms with van der Waals surface area (Å²) in [7, 11) is 1.46. The van der Waals surface area contributed by atoms with E-state index in [1.54, 1.807) is 36.4 Å². The maximum Gasteiger partial charge on any atom is 0.258 e. The summed E-state index contributed by atoms with van der Waals surface area (Å²) in [6.07, 6.45) is 0.742. The van der Waals surface area contributed by atoms with E-state index < -0.39 is 0 Å². The van der Waals surface area contributed by atoms with Crippen molar-refractivity contribution in [2.75, 3.05) is 25.6 Å². The smallest absolute Gasteiger partial charge is 0.258 e. The van der Waals surface area contributed by atoms with Gasteiger partial charge in [-0.1, -0.05) is 11.6 Å². The lowest BCUT2D eigenvalue weighted by atomic mass is 10.2. The van der Waals surface area contributed by atoms with Gasteiger partial charge in [0, 0.05) is 35.3 Å². The van der Waals surface area contributed by atoms with Crippen LogP contribution in [0.4, 0.5) is 5.69 Å². The highest BCUT2D eigenvalue weighted by Gasteiger charge is 2.13. The standard InChI is InChI=1S/C23H28ClN3O5/c1-15(2)26-22(29)14-32-19-11-6-16(13-20(19)31-3)23(30)25-12-4-5-21(28)27-18-9-7-17(24)8-10-18/h6-11,13,15H,4-5,12,14H2,1-3H3,(H,25,30)(H,26,29)(H,27,28). The van der Waals surface area contributed by atoms with Crippen molar-refractivity contribution in [2.24, 2.45) is 0 Å². The highest BCUT2D eigenvalue weighted by Crippen LogP contribution is 2.28. The maximum absolute atomic E-state index is 12.4. The van der Waals surface area contributed by atoms with E-state index >= 15 is 0 Å². The number of anilines is 1. The summed E-state index contributed by atoms with van der Waals surface area (Å²) in [4.78, 5) is 36.1. The molecule has 0 aromatic heterocycles. The number of carbonyl (C=O) groups excluding carboxylic acids is 3. The summed E-state index contributed by atoms with van der Waals surface area (Å²) < 4.78 is 10.8. The molecule has 3 amide bonds. The molecule has 8 nitrogen and oxygen atoms in total. The van der Waals surface area contributed by atoms with Gasteiger partial charge < -0.3 is 25.4 Å². The van der Waals surface area contributed by atoms with Gasteiger partial charge in [0.05, 0.1) is 7.11 Å². The first-order valence-corrected chi connectivity index (χ1v) is 10.6. The van der Waals surface area contributed by atoms with Crippen molar-refractivity contribution in [1.29, 1.82) is 0 Å². The van der Waals surface area contributed by atoms with Crippen molar-refractivity contribution >= 4 is 35.0 Å². The Balaban J connectivity index is 1.79. The summed E-state index contributed by atoms with van der Waals surface area (Å²) in [5, 5.41) is 8.87. The molecule has 0 aliphatic rings. The number of halogens is 1. The van der Waals surface area contributed by atoms with Crippen LogP contribution >= 0.6 is 11.6 Å². The van der Waals surface area contributed by atoms with Crippen molar-refractivity contribution in [1.82, 2.24) is 10.6 Å². The van der Waals surface area contributed by atoms with Crippen molar-refractivity contribution in [2.45, 2.75) is 32.7 Å². The molecule has 3 N–H and O–H groups in total. The number of ether oxygens (including phenoxy) is 2. The average Bonchev–Trinajstić information content (AvgIpc) is 2.76. The first-order chi connectivity index (χ1) is 15.3. The molecule has 0 atom stereocenters. The molecule has 0 unspecified atom stereocenters. The van der Waals surface area contributed by atoms with Crippen molar-refractivity contribution in [3.8, 4) is 11.5 Å². The van der Waals surface area contributed by atoms with Crippen LogP contribution in [0.5, 0.6) is 11.5 Å². The van der Waals surface area contributed by atoms with Crippen LogP contribution in [0.25, 0.3) is 0 Å². The lowest BCUT2D eigenvalue weighted by Gasteiger charge is -2.13. The Labute approximate surface area is 192 Å². The van der Waals surface area contributed by atoms with Gasteiger partial charge in [0.2, 0.25) is 5.91 Å². The van der Waals surface area contributed by atoms with E-state index in [0.29, 0.717) is 40.7 Å². The number of hydrogen-bond acceptors (Lipinski definition) is 5. The Morgan fingerprint density at radius 2 is 1.72 bits per heavy atom. The van der Waals surface area contributed by atoms with E-state index in [-0.39, 0.29) is 36.8 Å². The number of nitrogens with one attached hydrogen (secondary N) is 3. The molecule has 32 heavy (non-hydrogen) atoms. The van der Waals surface area contributed by atoms with Crippen LogP contribution in [0.3, 0.4) is 0 Å². The predicted octanol–water partition coefficient (Wildman–Crippen LogP) is 3.40. The molecule has 2 aromatic rings. The van der Waals surface area contributed by atoms with Gasteiger partial charge in [-0.05, 0) is 62.7 Å². The maximum atomic E-state index is 12.4. The van der Waals surface area contributed by atoms with Crippen molar-refractivity contribution in [3.63, 3.8) is 0 Å². The van der Waals surface area contributed by atoms with Crippen LogP contribution in [-0.4, -0.2) is 44.0 Å². The third-order valence-electron chi connectivity index (χ3n) is 4.23. The quantitative estimate of drug-likeness (QED) is 0.445. The number of carbonyl (C=O) groups is 3. The van der Waals surface area contributed by atoms with E-state index in [9.17, 15) is 14.4 Å². The molecule has 0 aliphatic carbocycles. The SMILES string of the molecule is COc1cc(C(=O)NCCCC(=O)Nc2ccc(Cl)cc2)ccc1OCC(=O)NC(C)C. The summed E-state index contributed by atoms with van der Waals surface area (Å²) in [6, 6.07) is 11.6. The molecule has 0 bridgehead atoms. The van der Waals surface area contributed by atoms with Crippen molar-refractivity contribution < 1.29 is 23.9 Å². The minimum absolute atomic E-state index is 0.0163. The highest BCUT2D eigenvalue weighted by molar-refractivity contribution is 6.30. The topological polar surface area (TPSA) is 106 Å². The fourth-order valence-corrected chi connectivity index (χ4v) is 2.87. The van der Waals surface area contributed by atoms with Gasteiger partial charge in [0.15, 0.2) is 18.1 Å². The molecule has 0 aliphatic heterocycles. The molecule has 0 saturated carbocycles. The number of hydrogen-bond donors (Lipinski definition) is 3. The van der Waals surface area contributed by atoms with Gasteiger partial charge in [-0.3, -0.25) is 14.4 Å². The second-order valence-electron chi connectivity index (χ2n) is 7.29. The predicted molar refractivity (Wildman–Crippen MR) is 123 cm³/mol. The van der Waals surface area contributed by atoms with Gasteiger partial charge in [0.25, 0.3) is 11.8 Å². The second-order valence-corrected chi connectivity index (χ2v) is 7.73. The van der Waals surface area contributed by atoms with E-state index in [1.807, 2.05) is 13.8 Å². The zero-order chi connectivity index (χ0) is 23.5. The average molecular weight is 462 g/mol. The lowest BCUT2D eigenvalue weighted by Crippen LogP contribution is -2.34. The molecule has 0 heterocycles. The third-order valence-corrected chi connectivity index (χ3v) is 4.48. The second kappa shape index (κ2) is 12.6. The summed E-state index contributed by atoms with van der Waals surface area (Å²) in [6.45, 7) is 3.90. The molecule has 0 fully saturated rings. The first-order valence-electron chi connectivity index (χ1n) is 10.2. The molecule has 0 spiro atoms. The van der Waals surface area contributed by atoms with Crippen LogP contribution in [0, 0.1) is 0 Å². The molecule has 0 saturated heterocycles. The normalized spacial score (nSPS) is 10.4. The summed E-state index contributed by atoms with van der Waals surface area (Å²) in [5.74, 6) is 0.0138. The van der Waals surface area contributed by atoms with Crippen LogP contribution in [0.2, 0.25) is 5.02 Å². The minimum Gasteiger partial charge on any atom is -0.493 e. The van der Waals surface area contributed by atoms with Gasteiger partial charge >= 0.3 is 0 Å². The Kier molecular flexibility index (Phi) is 9.81. The molecule has 172 valence electrons. The zero-order valence-corrected chi connectivity index (χ0v) is 19.1. The largest absolute Gasteiger partial charge is 0.493 e. The summed E-state index contributed by atoms with van der Waals surface area (Å²) in [5.41, 5.74) is 1.05. The first kappa shape index (κ1) is 25.0. The minimum atomic E-state index is -0.300. The van der Waals surface area contributed by atoms with Crippen LogP contribution < -0.4 is 25.4 Å². The van der Waals surface area contributed by atoms with Gasteiger partial charge in [-0.15, -0.1) is 0 Å². The number of rotatable bonds is 11. The van der Waals surface area contributed by atoms with Gasteiger partial charge in [0.1, 0.15) is 0 Å². The Hall–Kier alpha value is -3.26. The highest BCUT2D eigenvalue weighted by atomic mass is 35.5. The molecule has 2 aromatic carbocycles. The molecular formula is C23H28ClN3O5. The molecule has 0 radical (unpaired) electrons. The third kappa shape index (κ3) is 8.47. The van der Waals surface area contributed by atoms with E-state index in [2.05, 4.69) is 16.0 Å². The molecule has 2 rings (SSSR count). The Bertz CT molecular complexity index is 932. The number of benzene rings is 2. The van der Waals surface area contributed by atoms with E-state index in [0.717, 1.165) is 0 Å².